The van der Waals surface area contributed by atoms with Crippen molar-refractivity contribution < 1.29 is 14.3 Å². The van der Waals surface area contributed by atoms with E-state index in [0.717, 1.165) is 30.6 Å². The molecular formula is C21H21NO3. The van der Waals surface area contributed by atoms with E-state index >= 15 is 0 Å². The van der Waals surface area contributed by atoms with Crippen molar-refractivity contribution in [2.75, 3.05) is 6.61 Å². The Kier molecular flexibility index (Phi) is 7.27. The molecule has 128 valence electrons. The lowest BCUT2D eigenvalue weighted by atomic mass is 10.1. The van der Waals surface area contributed by atoms with Gasteiger partial charge in [-0.15, -0.1) is 0 Å². The van der Waals surface area contributed by atoms with Gasteiger partial charge in [-0.3, -0.25) is 0 Å². The van der Waals surface area contributed by atoms with E-state index in [1.165, 1.54) is 6.08 Å². The summed E-state index contributed by atoms with van der Waals surface area (Å²) in [4.78, 5) is 11.8. The summed E-state index contributed by atoms with van der Waals surface area (Å²) in [5, 5.41) is 8.75. The molecular weight excluding hydrogens is 314 g/mol. The number of unbranched alkanes of at least 4 members (excludes halogenated alkanes) is 2. The van der Waals surface area contributed by atoms with Gasteiger partial charge in [0.05, 0.1) is 18.2 Å². The fourth-order valence-corrected chi connectivity index (χ4v) is 2.13. The van der Waals surface area contributed by atoms with E-state index in [-0.39, 0.29) is 0 Å². The molecule has 0 unspecified atom stereocenters. The van der Waals surface area contributed by atoms with Crippen LogP contribution in [-0.4, -0.2) is 12.6 Å². The number of nitrogens with zero attached hydrogens (tertiary/aromatic N) is 1. The number of carbonyl (C=O) groups is 1. The van der Waals surface area contributed by atoms with E-state index in [9.17, 15) is 4.79 Å². The molecule has 4 heteroatoms. The summed E-state index contributed by atoms with van der Waals surface area (Å²) in [6.45, 7) is 2.85. The third-order valence-corrected chi connectivity index (χ3v) is 3.51. The number of rotatable bonds is 8. The highest BCUT2D eigenvalue weighted by molar-refractivity contribution is 5.88. The number of esters is 1. The topological polar surface area (TPSA) is 59.3 Å². The number of carbonyl (C=O) groups excluding carboxylic acids is 1. The summed E-state index contributed by atoms with van der Waals surface area (Å²) in [5.74, 6) is 0.778. The molecule has 2 aromatic rings. The van der Waals surface area contributed by atoms with Gasteiger partial charge in [-0.05, 0) is 54.5 Å². The van der Waals surface area contributed by atoms with Crippen molar-refractivity contribution in [2.45, 2.75) is 26.2 Å². The molecule has 0 atom stereocenters. The highest BCUT2D eigenvalue weighted by Gasteiger charge is 2.01. The van der Waals surface area contributed by atoms with Crippen LogP contribution in [0, 0.1) is 11.3 Å². The molecule has 0 N–H and O–H groups in total. The average molecular weight is 335 g/mol. The van der Waals surface area contributed by atoms with Gasteiger partial charge in [-0.1, -0.05) is 31.9 Å². The standard InChI is InChI=1S/C21H21NO3/c1-2-3-4-15-24-19-10-12-20(13-11-19)25-21(23)14-9-17-5-7-18(16-22)8-6-17/h5-14H,2-4,15H2,1H3. The maximum atomic E-state index is 11.8. The van der Waals surface area contributed by atoms with Gasteiger partial charge in [-0.2, -0.15) is 5.26 Å². The predicted octanol–water partition coefficient (Wildman–Crippen LogP) is 4.75. The highest BCUT2D eigenvalue weighted by Crippen LogP contribution is 2.18. The largest absolute Gasteiger partial charge is 0.494 e. The van der Waals surface area contributed by atoms with Crippen molar-refractivity contribution in [3.8, 4) is 17.6 Å². The molecule has 0 aliphatic carbocycles. The zero-order valence-electron chi connectivity index (χ0n) is 14.3. The number of hydrogen-bond donors (Lipinski definition) is 0. The molecule has 2 aromatic carbocycles. The lowest BCUT2D eigenvalue weighted by Gasteiger charge is -2.06. The molecule has 2 rings (SSSR count). The maximum absolute atomic E-state index is 11.8. The van der Waals surface area contributed by atoms with E-state index in [0.29, 0.717) is 17.9 Å². The highest BCUT2D eigenvalue weighted by atomic mass is 16.5. The molecule has 0 amide bonds. The lowest BCUT2D eigenvalue weighted by Crippen LogP contribution is -2.03. The second-order valence-corrected chi connectivity index (χ2v) is 5.52. The zero-order valence-corrected chi connectivity index (χ0v) is 14.3. The fraction of sp³-hybridized carbons (Fsp3) is 0.238. The first-order chi connectivity index (χ1) is 12.2. The Hall–Kier alpha value is -3.06. The smallest absolute Gasteiger partial charge is 0.336 e. The minimum absolute atomic E-state index is 0.457. The van der Waals surface area contributed by atoms with Gasteiger partial charge < -0.3 is 9.47 Å². The molecule has 0 saturated carbocycles. The Balaban J connectivity index is 1.83. The van der Waals surface area contributed by atoms with Gasteiger partial charge in [0.2, 0.25) is 0 Å². The summed E-state index contributed by atoms with van der Waals surface area (Å²) < 4.78 is 10.9. The molecule has 0 bridgehead atoms. The Morgan fingerprint density at radius 1 is 1.04 bits per heavy atom. The van der Waals surface area contributed by atoms with Crippen LogP contribution in [0.3, 0.4) is 0 Å². The van der Waals surface area contributed by atoms with E-state index in [1.54, 1.807) is 54.6 Å². The number of hydrogen-bond acceptors (Lipinski definition) is 4. The van der Waals surface area contributed by atoms with Crippen molar-refractivity contribution in [3.05, 3.63) is 65.7 Å². The molecule has 0 radical (unpaired) electrons. The SMILES string of the molecule is CCCCCOc1ccc(OC(=O)C=Cc2ccc(C#N)cc2)cc1. The molecule has 25 heavy (non-hydrogen) atoms. The Morgan fingerprint density at radius 2 is 1.72 bits per heavy atom. The minimum Gasteiger partial charge on any atom is -0.494 e. The van der Waals surface area contributed by atoms with Crippen LogP contribution in [0.1, 0.15) is 37.3 Å². The molecule has 4 nitrogen and oxygen atoms in total. The third kappa shape index (κ3) is 6.52. The Bertz CT molecular complexity index is 740. The number of nitriles is 1. The maximum Gasteiger partial charge on any atom is 0.336 e. The van der Waals surface area contributed by atoms with Crippen LogP contribution >= 0.6 is 0 Å². The van der Waals surface area contributed by atoms with Gasteiger partial charge in [0, 0.05) is 6.08 Å². The number of benzene rings is 2. The second-order valence-electron chi connectivity index (χ2n) is 5.52. The van der Waals surface area contributed by atoms with Gasteiger partial charge in [0.15, 0.2) is 0 Å². The molecule has 0 aliphatic heterocycles. The minimum atomic E-state index is -0.457. The molecule has 0 saturated heterocycles. The van der Waals surface area contributed by atoms with Crippen molar-refractivity contribution in [1.29, 1.82) is 5.26 Å². The number of ether oxygens (including phenoxy) is 2. The van der Waals surface area contributed by atoms with E-state index in [1.807, 2.05) is 6.07 Å². The molecule has 0 fully saturated rings. The first-order valence-electron chi connectivity index (χ1n) is 8.34. The summed E-state index contributed by atoms with van der Waals surface area (Å²) in [6, 6.07) is 16.0. The van der Waals surface area contributed by atoms with E-state index < -0.39 is 5.97 Å². The summed E-state index contributed by atoms with van der Waals surface area (Å²) in [6.07, 6.45) is 6.36. The molecule has 0 heterocycles. The van der Waals surface area contributed by atoms with Crippen molar-refractivity contribution >= 4 is 12.0 Å². The van der Waals surface area contributed by atoms with Crippen molar-refractivity contribution in [2.24, 2.45) is 0 Å². The van der Waals surface area contributed by atoms with Crippen LogP contribution in [0.4, 0.5) is 0 Å². The van der Waals surface area contributed by atoms with Crippen LogP contribution in [0.15, 0.2) is 54.6 Å². The second kappa shape index (κ2) is 9.94. The molecule has 0 aliphatic rings. The monoisotopic (exact) mass is 335 g/mol. The predicted molar refractivity (Wildman–Crippen MR) is 97.3 cm³/mol. The van der Waals surface area contributed by atoms with Gasteiger partial charge >= 0.3 is 5.97 Å². The Morgan fingerprint density at radius 3 is 2.36 bits per heavy atom. The lowest BCUT2D eigenvalue weighted by molar-refractivity contribution is -0.128. The quantitative estimate of drug-likeness (QED) is 0.302. The fourth-order valence-electron chi connectivity index (χ4n) is 2.13. The average Bonchev–Trinajstić information content (AvgIpc) is 2.65. The van der Waals surface area contributed by atoms with Crippen LogP contribution in [0.2, 0.25) is 0 Å². The summed E-state index contributed by atoms with van der Waals surface area (Å²) in [5.41, 5.74) is 1.41. The molecule has 0 aromatic heterocycles. The Labute approximate surface area is 148 Å². The third-order valence-electron chi connectivity index (χ3n) is 3.51. The van der Waals surface area contributed by atoms with E-state index in [4.69, 9.17) is 14.7 Å². The first kappa shape index (κ1) is 18.3. The zero-order chi connectivity index (χ0) is 17.9. The van der Waals surface area contributed by atoms with E-state index in [2.05, 4.69) is 6.92 Å². The van der Waals surface area contributed by atoms with Crippen LogP contribution in [0.5, 0.6) is 11.5 Å². The van der Waals surface area contributed by atoms with Gasteiger partial charge in [0.1, 0.15) is 11.5 Å². The van der Waals surface area contributed by atoms with Gasteiger partial charge in [0.25, 0.3) is 0 Å². The van der Waals surface area contributed by atoms with Crippen molar-refractivity contribution in [3.63, 3.8) is 0 Å². The summed E-state index contributed by atoms with van der Waals surface area (Å²) in [7, 11) is 0. The van der Waals surface area contributed by atoms with Gasteiger partial charge in [-0.25, -0.2) is 4.79 Å². The van der Waals surface area contributed by atoms with Crippen LogP contribution < -0.4 is 9.47 Å². The van der Waals surface area contributed by atoms with Crippen LogP contribution in [-0.2, 0) is 4.79 Å². The normalized spacial score (nSPS) is 10.4. The summed E-state index contributed by atoms with van der Waals surface area (Å²) >= 11 is 0. The van der Waals surface area contributed by atoms with Crippen LogP contribution in [0.25, 0.3) is 6.08 Å². The molecule has 0 spiro atoms. The first-order valence-corrected chi connectivity index (χ1v) is 8.34. The van der Waals surface area contributed by atoms with Crippen molar-refractivity contribution in [1.82, 2.24) is 0 Å².